The lowest BCUT2D eigenvalue weighted by Gasteiger charge is -2.23. The van der Waals surface area contributed by atoms with Gasteiger partial charge < -0.3 is 9.47 Å². The second-order valence-corrected chi connectivity index (χ2v) is 4.54. The van der Waals surface area contributed by atoms with Crippen molar-refractivity contribution in [3.8, 4) is 0 Å². The largest absolute Gasteiger partial charge is 0.349 e. The summed E-state index contributed by atoms with van der Waals surface area (Å²) in [6, 6.07) is -0.0603. The third kappa shape index (κ3) is 1.63. The molecular weight excluding hydrogens is 233 g/mol. The van der Waals surface area contributed by atoms with E-state index in [9.17, 15) is 4.39 Å². The number of anilines is 1. The molecule has 1 atom stereocenters. The minimum absolute atomic E-state index is 0.0603. The molecule has 1 saturated heterocycles. The number of fused-ring (bicyclic) bond motifs is 1. The fourth-order valence-electron chi connectivity index (χ4n) is 2.58. The molecule has 3 heterocycles. The number of aryl methyl sites for hydroxylation is 1. The summed E-state index contributed by atoms with van der Waals surface area (Å²) in [4.78, 5) is 15.0. The average molecular weight is 249 g/mol. The first kappa shape index (κ1) is 11.4. The van der Waals surface area contributed by atoms with Gasteiger partial charge in [-0.15, -0.1) is 0 Å². The zero-order valence-corrected chi connectivity index (χ0v) is 10.4. The van der Waals surface area contributed by atoms with Crippen LogP contribution in [0.5, 0.6) is 0 Å². The van der Waals surface area contributed by atoms with Crippen molar-refractivity contribution in [2.75, 3.05) is 18.1 Å². The Labute approximate surface area is 105 Å². The van der Waals surface area contributed by atoms with Gasteiger partial charge >= 0.3 is 0 Å². The molecule has 1 aliphatic heterocycles. The van der Waals surface area contributed by atoms with Crippen LogP contribution >= 0.6 is 0 Å². The maximum absolute atomic E-state index is 13.0. The normalized spacial score (nSPS) is 19.9. The molecule has 3 rings (SSSR count). The molecule has 0 aliphatic carbocycles. The van der Waals surface area contributed by atoms with Gasteiger partial charge in [0.2, 0.25) is 0 Å². The Balaban J connectivity index is 2.09. The van der Waals surface area contributed by atoms with Gasteiger partial charge in [0.15, 0.2) is 17.0 Å². The first-order valence-electron chi connectivity index (χ1n) is 6.33. The van der Waals surface area contributed by atoms with E-state index in [1.807, 2.05) is 16.4 Å². The molecule has 2 aromatic heterocycles. The third-order valence-corrected chi connectivity index (χ3v) is 3.55. The van der Waals surface area contributed by atoms with Gasteiger partial charge in [-0.2, -0.15) is 0 Å². The summed E-state index contributed by atoms with van der Waals surface area (Å²) >= 11 is 0. The number of halogens is 1. The molecule has 0 aromatic carbocycles. The van der Waals surface area contributed by atoms with E-state index in [1.165, 1.54) is 0 Å². The molecule has 0 amide bonds. The van der Waals surface area contributed by atoms with Gasteiger partial charge in [-0.1, -0.05) is 0 Å². The van der Waals surface area contributed by atoms with E-state index in [1.54, 1.807) is 12.7 Å². The van der Waals surface area contributed by atoms with Crippen molar-refractivity contribution in [1.29, 1.82) is 0 Å². The second kappa shape index (κ2) is 4.51. The summed E-state index contributed by atoms with van der Waals surface area (Å²) in [5.74, 6) is 0.771. The highest BCUT2D eigenvalue weighted by atomic mass is 19.1. The van der Waals surface area contributed by atoms with Gasteiger partial charge in [0.25, 0.3) is 0 Å². The number of hydrogen-bond acceptors (Lipinski definition) is 4. The van der Waals surface area contributed by atoms with Crippen molar-refractivity contribution < 1.29 is 4.39 Å². The predicted molar refractivity (Wildman–Crippen MR) is 67.3 cm³/mol. The van der Waals surface area contributed by atoms with Crippen LogP contribution in [0, 0.1) is 0 Å². The van der Waals surface area contributed by atoms with Crippen molar-refractivity contribution >= 4 is 17.0 Å². The molecule has 0 bridgehead atoms. The SMILES string of the molecule is CCn1cnc2c(N3CCC[C@@H]3CF)ncnc21. The van der Waals surface area contributed by atoms with Crippen molar-refractivity contribution in [2.24, 2.45) is 0 Å². The van der Waals surface area contributed by atoms with Crippen molar-refractivity contribution in [2.45, 2.75) is 32.4 Å². The Morgan fingerprint density at radius 3 is 3.06 bits per heavy atom. The van der Waals surface area contributed by atoms with E-state index in [0.29, 0.717) is 0 Å². The molecule has 5 nitrogen and oxygen atoms in total. The quantitative estimate of drug-likeness (QED) is 0.832. The molecule has 6 heteroatoms. The second-order valence-electron chi connectivity index (χ2n) is 4.54. The van der Waals surface area contributed by atoms with E-state index in [0.717, 1.165) is 42.9 Å². The Hall–Kier alpha value is -1.72. The highest BCUT2D eigenvalue weighted by molar-refractivity contribution is 5.83. The fourth-order valence-corrected chi connectivity index (χ4v) is 2.58. The molecule has 2 aromatic rings. The van der Waals surface area contributed by atoms with Crippen molar-refractivity contribution in [3.63, 3.8) is 0 Å². The van der Waals surface area contributed by atoms with Crippen LogP contribution < -0.4 is 4.90 Å². The lowest BCUT2D eigenvalue weighted by atomic mass is 10.2. The highest BCUT2D eigenvalue weighted by Crippen LogP contribution is 2.28. The molecule has 18 heavy (non-hydrogen) atoms. The van der Waals surface area contributed by atoms with Crippen LogP contribution in [0.3, 0.4) is 0 Å². The summed E-state index contributed by atoms with van der Waals surface area (Å²) in [5, 5.41) is 0. The van der Waals surface area contributed by atoms with Crippen LogP contribution in [0.1, 0.15) is 19.8 Å². The Morgan fingerprint density at radius 1 is 1.39 bits per heavy atom. The Kier molecular flexibility index (Phi) is 2.85. The summed E-state index contributed by atoms with van der Waals surface area (Å²) in [6.07, 6.45) is 5.20. The van der Waals surface area contributed by atoms with Crippen LogP contribution in [0.2, 0.25) is 0 Å². The highest BCUT2D eigenvalue weighted by Gasteiger charge is 2.27. The van der Waals surface area contributed by atoms with Crippen molar-refractivity contribution in [1.82, 2.24) is 19.5 Å². The third-order valence-electron chi connectivity index (χ3n) is 3.55. The summed E-state index contributed by atoms with van der Waals surface area (Å²) in [5.41, 5.74) is 1.60. The van der Waals surface area contributed by atoms with Gasteiger partial charge in [0, 0.05) is 13.1 Å². The van der Waals surface area contributed by atoms with E-state index in [4.69, 9.17) is 0 Å². The van der Waals surface area contributed by atoms with Crippen LogP contribution in [0.15, 0.2) is 12.7 Å². The topological polar surface area (TPSA) is 46.8 Å². The Bertz CT molecular complexity index is 552. The van der Waals surface area contributed by atoms with Gasteiger partial charge in [-0.05, 0) is 19.8 Å². The molecule has 0 radical (unpaired) electrons. The average Bonchev–Trinajstić information content (AvgIpc) is 3.04. The molecule has 1 aliphatic rings. The van der Waals surface area contributed by atoms with Crippen molar-refractivity contribution in [3.05, 3.63) is 12.7 Å². The fraction of sp³-hybridized carbons (Fsp3) is 0.583. The lowest BCUT2D eigenvalue weighted by Crippen LogP contribution is -2.31. The van der Waals surface area contributed by atoms with Crippen LogP contribution in [0.25, 0.3) is 11.2 Å². The molecule has 1 fully saturated rings. The lowest BCUT2D eigenvalue weighted by molar-refractivity contribution is 0.427. The van der Waals surface area contributed by atoms with Gasteiger partial charge in [0.05, 0.1) is 12.4 Å². The van der Waals surface area contributed by atoms with Gasteiger partial charge in [-0.25, -0.2) is 19.3 Å². The standard InChI is InChI=1S/C12H16FN5/c1-2-17-8-16-10-11(17)14-7-15-12(10)18-5-3-4-9(18)6-13/h7-9H,2-6H2,1H3/t9-/m1/s1. The monoisotopic (exact) mass is 249 g/mol. The van der Waals surface area contributed by atoms with Crippen LogP contribution in [0.4, 0.5) is 10.2 Å². The molecule has 0 spiro atoms. The smallest absolute Gasteiger partial charge is 0.165 e. The first-order chi connectivity index (χ1) is 8.85. The number of aromatic nitrogens is 4. The first-order valence-corrected chi connectivity index (χ1v) is 6.33. The van der Waals surface area contributed by atoms with E-state index < -0.39 is 0 Å². The predicted octanol–water partition coefficient (Wildman–Crippen LogP) is 1.78. The number of nitrogens with zero attached hydrogens (tertiary/aromatic N) is 5. The number of imidazole rings is 1. The number of alkyl halides is 1. The maximum atomic E-state index is 13.0. The minimum atomic E-state index is -0.333. The molecule has 0 saturated carbocycles. The summed E-state index contributed by atoms with van der Waals surface area (Å²) in [6.45, 7) is 3.38. The number of rotatable bonds is 3. The van der Waals surface area contributed by atoms with E-state index in [-0.39, 0.29) is 12.7 Å². The van der Waals surface area contributed by atoms with Gasteiger partial charge in [0.1, 0.15) is 13.0 Å². The zero-order valence-electron chi connectivity index (χ0n) is 10.4. The van der Waals surface area contributed by atoms with E-state index in [2.05, 4.69) is 15.0 Å². The Morgan fingerprint density at radius 2 is 2.28 bits per heavy atom. The number of hydrogen-bond donors (Lipinski definition) is 0. The van der Waals surface area contributed by atoms with Crippen LogP contribution in [-0.4, -0.2) is 38.8 Å². The molecule has 0 N–H and O–H groups in total. The van der Waals surface area contributed by atoms with E-state index >= 15 is 0 Å². The molecule has 0 unspecified atom stereocenters. The maximum Gasteiger partial charge on any atom is 0.165 e. The molecule has 96 valence electrons. The van der Waals surface area contributed by atoms with Crippen LogP contribution in [-0.2, 0) is 6.54 Å². The van der Waals surface area contributed by atoms with Gasteiger partial charge in [-0.3, -0.25) is 0 Å². The minimum Gasteiger partial charge on any atom is -0.349 e. The zero-order chi connectivity index (χ0) is 12.5. The summed E-state index contributed by atoms with van der Waals surface area (Å²) < 4.78 is 15.0. The molecular formula is C12H16FN5. The summed E-state index contributed by atoms with van der Waals surface area (Å²) in [7, 11) is 0.